The number of rotatable bonds is 3. The molecule has 1 aromatic carbocycles. The van der Waals surface area contributed by atoms with E-state index in [0.29, 0.717) is 0 Å². The van der Waals surface area contributed by atoms with Crippen LogP contribution >= 0.6 is 11.8 Å². The molecule has 80 valence electrons. The Hall–Kier alpha value is -0.900. The van der Waals surface area contributed by atoms with E-state index in [2.05, 4.69) is 0 Å². The van der Waals surface area contributed by atoms with Crippen molar-refractivity contribution in [1.82, 2.24) is 0 Å². The first-order chi connectivity index (χ1) is 7.18. The number of thioether (sulfide) groups is 1. The molecule has 15 heavy (non-hydrogen) atoms. The van der Waals surface area contributed by atoms with E-state index in [1.807, 2.05) is 0 Å². The zero-order valence-electron chi connectivity index (χ0n) is 8.00. The molecule has 0 saturated carbocycles. The Balaban J connectivity index is 2.12. The molecular formula is C11H10F2OS. The Morgan fingerprint density at radius 1 is 1.33 bits per heavy atom. The first-order valence-electron chi connectivity index (χ1n) is 4.72. The highest BCUT2D eigenvalue weighted by Gasteiger charge is 2.27. The average Bonchev–Trinajstić information content (AvgIpc) is 2.08. The zero-order chi connectivity index (χ0) is 10.8. The second-order valence-electron chi connectivity index (χ2n) is 3.58. The molecule has 1 saturated heterocycles. The fourth-order valence-corrected chi connectivity index (χ4v) is 2.28. The van der Waals surface area contributed by atoms with Crippen LogP contribution in [0.2, 0.25) is 0 Å². The molecule has 1 fully saturated rings. The van der Waals surface area contributed by atoms with E-state index in [0.717, 1.165) is 11.5 Å². The summed E-state index contributed by atoms with van der Waals surface area (Å²) >= 11 is 1.68. The molecule has 0 radical (unpaired) electrons. The maximum absolute atomic E-state index is 13.2. The lowest BCUT2D eigenvalue weighted by molar-refractivity contribution is -0.121. The van der Waals surface area contributed by atoms with Gasteiger partial charge >= 0.3 is 0 Å². The highest BCUT2D eigenvalue weighted by atomic mass is 32.2. The molecule has 0 bridgehead atoms. The summed E-state index contributed by atoms with van der Waals surface area (Å²) in [6.45, 7) is 0. The molecule has 0 aromatic heterocycles. The third kappa shape index (κ3) is 2.20. The number of carbonyl (C=O) groups excluding carboxylic acids is 1. The minimum Gasteiger partial charge on any atom is -0.299 e. The molecule has 0 amide bonds. The van der Waals surface area contributed by atoms with Crippen molar-refractivity contribution >= 4 is 17.5 Å². The van der Waals surface area contributed by atoms with E-state index in [1.165, 1.54) is 18.2 Å². The van der Waals surface area contributed by atoms with Crippen molar-refractivity contribution in [1.29, 1.82) is 0 Å². The van der Waals surface area contributed by atoms with Crippen LogP contribution in [0.5, 0.6) is 0 Å². The van der Waals surface area contributed by atoms with Crippen LogP contribution in [0, 0.1) is 17.6 Å². The van der Waals surface area contributed by atoms with E-state index in [-0.39, 0.29) is 23.7 Å². The van der Waals surface area contributed by atoms with Gasteiger partial charge in [0.2, 0.25) is 0 Å². The van der Waals surface area contributed by atoms with Crippen molar-refractivity contribution in [2.45, 2.75) is 6.42 Å². The predicted molar refractivity (Wildman–Crippen MR) is 55.9 cm³/mol. The highest BCUT2D eigenvalue weighted by Crippen LogP contribution is 2.27. The molecule has 4 heteroatoms. The smallest absolute Gasteiger partial charge is 0.142 e. The SMILES string of the molecule is O=C(Cc1c(F)cccc1F)C1CSC1. The minimum atomic E-state index is -0.629. The van der Waals surface area contributed by atoms with Gasteiger partial charge in [-0.25, -0.2) is 8.78 Å². The number of benzene rings is 1. The monoisotopic (exact) mass is 228 g/mol. The third-order valence-electron chi connectivity index (χ3n) is 2.51. The summed E-state index contributed by atoms with van der Waals surface area (Å²) in [5.74, 6) is 0.251. The van der Waals surface area contributed by atoms with Gasteiger partial charge in [0, 0.05) is 29.4 Å². The van der Waals surface area contributed by atoms with E-state index in [1.54, 1.807) is 11.8 Å². The molecule has 0 spiro atoms. The van der Waals surface area contributed by atoms with Crippen LogP contribution in [0.15, 0.2) is 18.2 Å². The highest BCUT2D eigenvalue weighted by molar-refractivity contribution is 8.00. The lowest BCUT2D eigenvalue weighted by Gasteiger charge is -2.23. The van der Waals surface area contributed by atoms with Crippen molar-refractivity contribution in [3.63, 3.8) is 0 Å². The number of hydrogen-bond acceptors (Lipinski definition) is 2. The van der Waals surface area contributed by atoms with Crippen LogP contribution in [0.3, 0.4) is 0 Å². The van der Waals surface area contributed by atoms with E-state index >= 15 is 0 Å². The maximum Gasteiger partial charge on any atom is 0.142 e. The molecule has 0 atom stereocenters. The fraction of sp³-hybridized carbons (Fsp3) is 0.364. The van der Waals surface area contributed by atoms with Crippen molar-refractivity contribution in [2.24, 2.45) is 5.92 Å². The molecule has 0 aliphatic carbocycles. The summed E-state index contributed by atoms with van der Waals surface area (Å²) in [5.41, 5.74) is -0.0978. The van der Waals surface area contributed by atoms with Gasteiger partial charge in [-0.15, -0.1) is 0 Å². The average molecular weight is 228 g/mol. The summed E-state index contributed by atoms with van der Waals surface area (Å²) in [6, 6.07) is 3.67. The van der Waals surface area contributed by atoms with Crippen LogP contribution in [0.4, 0.5) is 8.78 Å². The fourth-order valence-electron chi connectivity index (χ4n) is 1.44. The van der Waals surface area contributed by atoms with Crippen molar-refractivity contribution < 1.29 is 13.6 Å². The van der Waals surface area contributed by atoms with E-state index in [9.17, 15) is 13.6 Å². The lowest BCUT2D eigenvalue weighted by atomic mass is 9.99. The van der Waals surface area contributed by atoms with Crippen LogP contribution in [-0.4, -0.2) is 17.3 Å². The van der Waals surface area contributed by atoms with E-state index < -0.39 is 11.6 Å². The van der Waals surface area contributed by atoms with Crippen LogP contribution in [0.25, 0.3) is 0 Å². The summed E-state index contributed by atoms with van der Waals surface area (Å²) in [5, 5.41) is 0. The van der Waals surface area contributed by atoms with Gasteiger partial charge in [0.1, 0.15) is 17.4 Å². The zero-order valence-corrected chi connectivity index (χ0v) is 8.82. The normalized spacial score (nSPS) is 16.1. The molecule has 1 aliphatic heterocycles. The van der Waals surface area contributed by atoms with Crippen molar-refractivity contribution in [2.75, 3.05) is 11.5 Å². The van der Waals surface area contributed by atoms with Crippen LogP contribution in [-0.2, 0) is 11.2 Å². The van der Waals surface area contributed by atoms with Crippen molar-refractivity contribution in [3.05, 3.63) is 35.4 Å². The molecular weight excluding hydrogens is 218 g/mol. The van der Waals surface area contributed by atoms with Gasteiger partial charge in [-0.05, 0) is 12.1 Å². The topological polar surface area (TPSA) is 17.1 Å². The Labute approximate surface area is 90.9 Å². The number of ketones is 1. The van der Waals surface area contributed by atoms with Gasteiger partial charge in [0.05, 0.1) is 0 Å². The quantitative estimate of drug-likeness (QED) is 0.790. The number of carbonyl (C=O) groups is 1. The number of halogens is 2. The number of Topliss-reactive ketones (excluding diaryl/α,β-unsaturated/α-hetero) is 1. The molecule has 1 aromatic rings. The second-order valence-corrected chi connectivity index (χ2v) is 4.65. The maximum atomic E-state index is 13.2. The Kier molecular flexibility index (Phi) is 3.05. The molecule has 0 unspecified atom stereocenters. The van der Waals surface area contributed by atoms with Crippen LogP contribution in [0.1, 0.15) is 5.56 Å². The molecule has 1 nitrogen and oxygen atoms in total. The van der Waals surface area contributed by atoms with Crippen LogP contribution < -0.4 is 0 Å². The second kappa shape index (κ2) is 4.31. The summed E-state index contributed by atoms with van der Waals surface area (Å²) in [7, 11) is 0. The summed E-state index contributed by atoms with van der Waals surface area (Å²) in [6.07, 6.45) is -0.121. The van der Waals surface area contributed by atoms with Gasteiger partial charge in [-0.2, -0.15) is 11.8 Å². The standard InChI is InChI=1S/C11H10F2OS/c12-9-2-1-3-10(13)8(9)4-11(14)7-5-15-6-7/h1-3,7H,4-6H2. The predicted octanol–water partition coefficient (Wildman–Crippen LogP) is 2.44. The largest absolute Gasteiger partial charge is 0.299 e. The van der Waals surface area contributed by atoms with Gasteiger partial charge in [0.15, 0.2) is 0 Å². The molecule has 1 heterocycles. The summed E-state index contributed by atoms with van der Waals surface area (Å²) < 4.78 is 26.4. The first-order valence-corrected chi connectivity index (χ1v) is 5.87. The molecule has 2 rings (SSSR count). The Morgan fingerprint density at radius 2 is 1.93 bits per heavy atom. The Morgan fingerprint density at radius 3 is 2.40 bits per heavy atom. The van der Waals surface area contributed by atoms with Crippen molar-refractivity contribution in [3.8, 4) is 0 Å². The van der Waals surface area contributed by atoms with E-state index in [4.69, 9.17) is 0 Å². The Bertz CT molecular complexity index is 368. The minimum absolute atomic E-state index is 0.00555. The molecule has 0 N–H and O–H groups in total. The summed E-state index contributed by atoms with van der Waals surface area (Å²) in [4.78, 5) is 11.6. The number of hydrogen-bond donors (Lipinski definition) is 0. The first kappa shape index (κ1) is 10.6. The lowest BCUT2D eigenvalue weighted by Crippen LogP contribution is -2.29. The van der Waals surface area contributed by atoms with Gasteiger partial charge in [-0.3, -0.25) is 4.79 Å². The van der Waals surface area contributed by atoms with Gasteiger partial charge < -0.3 is 0 Å². The van der Waals surface area contributed by atoms with Gasteiger partial charge in [0.25, 0.3) is 0 Å². The third-order valence-corrected chi connectivity index (χ3v) is 3.78. The van der Waals surface area contributed by atoms with Gasteiger partial charge in [-0.1, -0.05) is 6.07 Å². The molecule has 1 aliphatic rings.